The molecule has 1 rings (SSSR count). The van der Waals surface area contributed by atoms with E-state index in [0.29, 0.717) is 6.92 Å². The minimum absolute atomic E-state index is 0.504. The molecule has 0 radical (unpaired) electrons. The molecular weight excluding hydrogens is 179 g/mol. The zero-order chi connectivity index (χ0) is 10.0. The Labute approximate surface area is 66.8 Å². The SMILES string of the molecule is CC1(C)C(C)(F)C(F)(F)C1(F)F. The molecule has 1 aliphatic rings. The maximum absolute atomic E-state index is 13.0. The average Bonchev–Trinajstić information content (AvgIpc) is 1.84. The minimum atomic E-state index is -4.55. The van der Waals surface area contributed by atoms with Crippen LogP contribution in [-0.4, -0.2) is 17.5 Å². The molecule has 1 aliphatic carbocycles. The molecule has 1 saturated carbocycles. The summed E-state index contributed by atoms with van der Waals surface area (Å²) in [6, 6.07) is 0. The van der Waals surface area contributed by atoms with Crippen molar-refractivity contribution in [3.8, 4) is 0 Å². The molecule has 5 heteroatoms. The third-order valence-corrected chi connectivity index (χ3v) is 2.94. The van der Waals surface area contributed by atoms with E-state index >= 15 is 0 Å². The molecule has 0 saturated heterocycles. The topological polar surface area (TPSA) is 0 Å². The molecule has 0 heterocycles. The fraction of sp³-hybridized carbons (Fsp3) is 1.00. The Balaban J connectivity index is 3.16. The highest BCUT2D eigenvalue weighted by molar-refractivity contribution is 5.24. The van der Waals surface area contributed by atoms with Crippen LogP contribution in [0.25, 0.3) is 0 Å². The van der Waals surface area contributed by atoms with Crippen LogP contribution in [-0.2, 0) is 0 Å². The van der Waals surface area contributed by atoms with Gasteiger partial charge in [0, 0.05) is 0 Å². The Morgan fingerprint density at radius 2 is 1.00 bits per heavy atom. The Morgan fingerprint density at radius 3 is 1.08 bits per heavy atom. The van der Waals surface area contributed by atoms with Gasteiger partial charge < -0.3 is 0 Å². The van der Waals surface area contributed by atoms with Crippen molar-refractivity contribution in [3.05, 3.63) is 0 Å². The first-order valence-electron chi connectivity index (χ1n) is 3.44. The van der Waals surface area contributed by atoms with E-state index in [1.54, 1.807) is 0 Å². The molecule has 1 atom stereocenters. The monoisotopic (exact) mass is 188 g/mol. The van der Waals surface area contributed by atoms with Crippen LogP contribution >= 0.6 is 0 Å². The van der Waals surface area contributed by atoms with Gasteiger partial charge in [-0.2, -0.15) is 17.6 Å². The Hall–Kier alpha value is -0.350. The lowest BCUT2D eigenvalue weighted by molar-refractivity contribution is -0.425. The number of halogens is 5. The third kappa shape index (κ3) is 0.568. The zero-order valence-electron chi connectivity index (χ0n) is 6.89. The first-order chi connectivity index (χ1) is 5.00. The highest BCUT2D eigenvalue weighted by atomic mass is 19.3. The van der Waals surface area contributed by atoms with Crippen LogP contribution in [0.15, 0.2) is 0 Å². The summed E-state index contributed by atoms with van der Waals surface area (Å²) in [4.78, 5) is 0. The smallest absolute Gasteiger partial charge is 0.236 e. The van der Waals surface area contributed by atoms with Gasteiger partial charge in [0.15, 0.2) is 5.67 Å². The maximum atomic E-state index is 13.0. The molecule has 0 bridgehead atoms. The van der Waals surface area contributed by atoms with Gasteiger partial charge in [0.05, 0.1) is 5.41 Å². The Kier molecular flexibility index (Phi) is 1.44. The van der Waals surface area contributed by atoms with Gasteiger partial charge in [0.2, 0.25) is 0 Å². The van der Waals surface area contributed by atoms with Gasteiger partial charge in [0.1, 0.15) is 0 Å². The summed E-state index contributed by atoms with van der Waals surface area (Å²) in [6.45, 7) is 2.10. The molecule has 0 amide bonds. The largest absolute Gasteiger partial charge is 0.344 e. The second kappa shape index (κ2) is 1.77. The van der Waals surface area contributed by atoms with E-state index in [1.807, 2.05) is 0 Å². The Bertz CT molecular complexity index is 152. The van der Waals surface area contributed by atoms with Crippen molar-refractivity contribution < 1.29 is 22.0 Å². The fourth-order valence-corrected chi connectivity index (χ4v) is 1.31. The summed E-state index contributed by atoms with van der Waals surface area (Å²) in [5.41, 5.74) is -5.44. The van der Waals surface area contributed by atoms with Gasteiger partial charge in [-0.05, 0) is 6.92 Å². The van der Waals surface area contributed by atoms with Crippen LogP contribution in [0.1, 0.15) is 20.8 Å². The Morgan fingerprint density at radius 1 is 0.667 bits per heavy atom. The number of hydrogen-bond acceptors (Lipinski definition) is 0. The van der Waals surface area contributed by atoms with Crippen LogP contribution in [0.2, 0.25) is 0 Å². The van der Waals surface area contributed by atoms with Crippen molar-refractivity contribution in [1.29, 1.82) is 0 Å². The number of rotatable bonds is 0. The average molecular weight is 188 g/mol. The molecule has 1 unspecified atom stereocenters. The summed E-state index contributed by atoms with van der Waals surface area (Å²) in [5, 5.41) is 0. The van der Waals surface area contributed by atoms with Crippen molar-refractivity contribution >= 4 is 0 Å². The molecule has 0 aliphatic heterocycles. The normalized spacial score (nSPS) is 42.0. The van der Waals surface area contributed by atoms with Gasteiger partial charge in [-0.15, -0.1) is 0 Å². The van der Waals surface area contributed by atoms with Crippen molar-refractivity contribution in [3.63, 3.8) is 0 Å². The summed E-state index contributed by atoms with van der Waals surface area (Å²) in [6.07, 6.45) is 0. The molecule has 0 spiro atoms. The van der Waals surface area contributed by atoms with Crippen LogP contribution in [0.4, 0.5) is 22.0 Å². The van der Waals surface area contributed by atoms with Crippen molar-refractivity contribution in [1.82, 2.24) is 0 Å². The van der Waals surface area contributed by atoms with Crippen molar-refractivity contribution in [2.75, 3.05) is 0 Å². The van der Waals surface area contributed by atoms with Gasteiger partial charge in [-0.3, -0.25) is 0 Å². The lowest BCUT2D eigenvalue weighted by atomic mass is 9.55. The molecule has 0 aromatic heterocycles. The van der Waals surface area contributed by atoms with E-state index in [-0.39, 0.29) is 0 Å². The summed E-state index contributed by atoms with van der Waals surface area (Å²) in [7, 11) is 0. The number of hydrogen-bond donors (Lipinski definition) is 0. The second-order valence-corrected chi connectivity index (χ2v) is 3.78. The quantitative estimate of drug-likeness (QED) is 0.512. The second-order valence-electron chi connectivity index (χ2n) is 3.78. The van der Waals surface area contributed by atoms with Gasteiger partial charge in [-0.25, -0.2) is 4.39 Å². The molecule has 72 valence electrons. The van der Waals surface area contributed by atoms with Gasteiger partial charge >= 0.3 is 11.8 Å². The third-order valence-electron chi connectivity index (χ3n) is 2.94. The van der Waals surface area contributed by atoms with E-state index in [1.165, 1.54) is 0 Å². The number of alkyl halides is 5. The highest BCUT2D eigenvalue weighted by Gasteiger charge is 2.90. The first-order valence-corrected chi connectivity index (χ1v) is 3.44. The van der Waals surface area contributed by atoms with Gasteiger partial charge in [-0.1, -0.05) is 13.8 Å². The first kappa shape index (κ1) is 9.74. The lowest BCUT2D eigenvalue weighted by Gasteiger charge is -2.59. The van der Waals surface area contributed by atoms with E-state index in [2.05, 4.69) is 0 Å². The van der Waals surface area contributed by atoms with Crippen molar-refractivity contribution in [2.45, 2.75) is 38.3 Å². The molecule has 0 N–H and O–H groups in total. The van der Waals surface area contributed by atoms with Crippen LogP contribution < -0.4 is 0 Å². The predicted molar refractivity (Wildman–Crippen MR) is 33.2 cm³/mol. The van der Waals surface area contributed by atoms with Gasteiger partial charge in [0.25, 0.3) is 0 Å². The summed E-state index contributed by atoms with van der Waals surface area (Å²) in [5.74, 6) is -8.81. The molecule has 0 nitrogen and oxygen atoms in total. The zero-order valence-corrected chi connectivity index (χ0v) is 6.89. The predicted octanol–water partition coefficient (Wildman–Crippen LogP) is 3.03. The van der Waals surface area contributed by atoms with Crippen LogP contribution in [0, 0.1) is 5.41 Å². The van der Waals surface area contributed by atoms with Crippen LogP contribution in [0.3, 0.4) is 0 Å². The van der Waals surface area contributed by atoms with E-state index in [4.69, 9.17) is 0 Å². The van der Waals surface area contributed by atoms with E-state index in [0.717, 1.165) is 13.8 Å². The minimum Gasteiger partial charge on any atom is -0.236 e. The molecule has 1 fully saturated rings. The van der Waals surface area contributed by atoms with Crippen LogP contribution in [0.5, 0.6) is 0 Å². The lowest BCUT2D eigenvalue weighted by Crippen LogP contribution is -2.80. The molecule has 12 heavy (non-hydrogen) atoms. The molecule has 0 aromatic carbocycles. The maximum Gasteiger partial charge on any atom is 0.344 e. The summed E-state index contributed by atoms with van der Waals surface area (Å²) >= 11 is 0. The van der Waals surface area contributed by atoms with Crippen molar-refractivity contribution in [2.24, 2.45) is 5.41 Å². The molecular formula is C7H9F5. The highest BCUT2D eigenvalue weighted by Crippen LogP contribution is 2.70. The molecule has 0 aromatic rings. The standard InChI is InChI=1S/C7H9F5/c1-4(2)5(3,8)7(11,12)6(4,9)10/h1-3H3. The fourth-order valence-electron chi connectivity index (χ4n) is 1.31. The summed E-state index contributed by atoms with van der Waals surface area (Å²) < 4.78 is 63.2. The van der Waals surface area contributed by atoms with E-state index < -0.39 is 22.9 Å². The van der Waals surface area contributed by atoms with E-state index in [9.17, 15) is 22.0 Å².